The number of benzene rings is 1. The maximum absolute atomic E-state index is 11.7. The van der Waals surface area contributed by atoms with E-state index in [4.69, 9.17) is 4.74 Å². The van der Waals surface area contributed by atoms with Crippen LogP contribution >= 0.6 is 0 Å². The number of quaternary nitrogens is 1. The van der Waals surface area contributed by atoms with Gasteiger partial charge in [0.15, 0.2) is 0 Å². The molecule has 0 bridgehead atoms. The number of ether oxygens (including phenoxy) is 1. The van der Waals surface area contributed by atoms with Crippen LogP contribution < -0.4 is 15.7 Å². The van der Waals surface area contributed by atoms with E-state index in [9.17, 15) is 14.7 Å². The van der Waals surface area contributed by atoms with Crippen LogP contribution in [0.3, 0.4) is 0 Å². The number of alkyl carbamates (subject to hydrolysis) is 1. The normalized spacial score (nSPS) is 18.5. The molecule has 0 spiro atoms. The van der Waals surface area contributed by atoms with E-state index in [1.807, 2.05) is 24.3 Å². The maximum atomic E-state index is 11.7. The van der Waals surface area contributed by atoms with Crippen LogP contribution in [-0.2, 0) is 21.4 Å². The molecule has 2 fully saturated rings. The van der Waals surface area contributed by atoms with Gasteiger partial charge in [-0.3, -0.25) is 0 Å². The number of nitrogens with two attached hydrogens (primary N) is 1. The summed E-state index contributed by atoms with van der Waals surface area (Å²) in [5, 5.41) is 16.3. The Balaban J connectivity index is 0.000000293. The van der Waals surface area contributed by atoms with Gasteiger partial charge < -0.3 is 25.3 Å². The number of hydrogen-bond donors (Lipinski definition) is 2. The first kappa shape index (κ1) is 30.1. The summed E-state index contributed by atoms with van der Waals surface area (Å²) in [4.78, 5) is 23.0. The largest absolute Gasteiger partial charge is 0.548 e. The smallest absolute Gasteiger partial charge is 0.408 e. The van der Waals surface area contributed by atoms with Crippen molar-refractivity contribution in [3.8, 4) is 0 Å². The number of carbonyl (C=O) groups is 2. The Labute approximate surface area is 219 Å². The molecule has 2 aliphatic rings. The number of carbonyl (C=O) groups excluding carboxylic acids is 2. The number of aliphatic carboxylic acids is 1. The maximum Gasteiger partial charge on any atom is 0.408 e. The number of nitrogens with one attached hydrogen (secondary N) is 1. The van der Waals surface area contributed by atoms with Crippen molar-refractivity contribution in [3.63, 3.8) is 0 Å². The van der Waals surface area contributed by atoms with Crippen molar-refractivity contribution in [2.24, 2.45) is 0 Å². The number of carboxylic acid groups (broad SMARTS) is 1. The molecule has 204 valence electrons. The van der Waals surface area contributed by atoms with E-state index in [-0.39, 0.29) is 11.8 Å². The molecule has 1 aromatic rings. The van der Waals surface area contributed by atoms with Gasteiger partial charge in [-0.15, -0.1) is 0 Å². The summed E-state index contributed by atoms with van der Waals surface area (Å²) >= 11 is 0. The van der Waals surface area contributed by atoms with Crippen LogP contribution in [-0.4, -0.2) is 35.8 Å². The zero-order valence-electron chi connectivity index (χ0n) is 23.5. The van der Waals surface area contributed by atoms with Crippen LogP contribution in [0.25, 0.3) is 0 Å². The highest BCUT2D eigenvalue weighted by Crippen LogP contribution is 2.22. The highest BCUT2D eigenvalue weighted by atomic mass is 16.6. The number of amides is 1. The Morgan fingerprint density at radius 1 is 0.889 bits per heavy atom. The average Bonchev–Trinajstić information content (AvgIpc) is 2.79. The van der Waals surface area contributed by atoms with E-state index in [0.717, 1.165) is 23.2 Å². The lowest BCUT2D eigenvalue weighted by Crippen LogP contribution is -2.95. The monoisotopic (exact) mass is 502 g/mol. The lowest BCUT2D eigenvalue weighted by Gasteiger charge is -2.27. The van der Waals surface area contributed by atoms with Gasteiger partial charge in [-0.25, -0.2) is 4.79 Å². The second kappa shape index (κ2) is 14.0. The Kier molecular flexibility index (Phi) is 11.7. The number of hydrogen-bond acceptors (Lipinski definition) is 4. The van der Waals surface area contributed by atoms with Gasteiger partial charge in [0.2, 0.25) is 0 Å². The molecule has 1 unspecified atom stereocenters. The molecule has 0 saturated heterocycles. The van der Waals surface area contributed by atoms with Gasteiger partial charge in [0, 0.05) is 0 Å². The third-order valence-electron chi connectivity index (χ3n) is 7.08. The zero-order chi connectivity index (χ0) is 26.8. The first-order valence-electron chi connectivity index (χ1n) is 14.0. The van der Waals surface area contributed by atoms with Gasteiger partial charge in [-0.1, -0.05) is 57.9 Å². The van der Waals surface area contributed by atoms with E-state index in [1.165, 1.54) is 64.2 Å². The van der Waals surface area contributed by atoms with Crippen LogP contribution in [0.2, 0.25) is 0 Å². The van der Waals surface area contributed by atoms with Gasteiger partial charge in [-0.05, 0) is 95.1 Å². The Morgan fingerprint density at radius 2 is 1.36 bits per heavy atom. The molecule has 0 aliphatic heterocycles. The van der Waals surface area contributed by atoms with Gasteiger partial charge in [0.05, 0.1) is 24.1 Å². The van der Waals surface area contributed by atoms with Crippen molar-refractivity contribution >= 4 is 12.1 Å². The SMILES string of the molecule is C1CCC([NH2+]C2CCCCC2)CC1.CC(C)(C)OC(=O)NC(Cc1ccc(C(C)(C)C)cc1)C(=O)[O-]. The highest BCUT2D eigenvalue weighted by molar-refractivity contribution is 5.79. The van der Waals surface area contributed by atoms with Crippen molar-refractivity contribution in [2.45, 2.75) is 141 Å². The second-order valence-corrected chi connectivity index (χ2v) is 12.7. The highest BCUT2D eigenvalue weighted by Gasteiger charge is 2.23. The fraction of sp³-hybridized carbons (Fsp3) is 0.733. The molecule has 2 aliphatic carbocycles. The van der Waals surface area contributed by atoms with Crippen molar-refractivity contribution in [2.75, 3.05) is 0 Å². The second-order valence-electron chi connectivity index (χ2n) is 12.7. The molecule has 3 N–H and O–H groups in total. The first-order valence-corrected chi connectivity index (χ1v) is 14.0. The Morgan fingerprint density at radius 3 is 1.75 bits per heavy atom. The average molecular weight is 503 g/mol. The minimum absolute atomic E-state index is 0.0288. The molecular weight excluding hydrogens is 452 g/mol. The minimum atomic E-state index is -1.34. The molecule has 0 radical (unpaired) electrons. The van der Waals surface area contributed by atoms with Crippen LogP contribution in [0, 0.1) is 0 Å². The summed E-state index contributed by atoms with van der Waals surface area (Å²) in [6.07, 6.45) is 14.3. The van der Waals surface area contributed by atoms with Crippen molar-refractivity contribution in [1.29, 1.82) is 0 Å². The summed E-state index contributed by atoms with van der Waals surface area (Å²) in [7, 11) is 0. The van der Waals surface area contributed by atoms with Crippen LogP contribution in [0.1, 0.15) is 117 Å². The molecule has 6 heteroatoms. The van der Waals surface area contributed by atoms with Crippen molar-refractivity contribution in [1.82, 2.24) is 5.32 Å². The van der Waals surface area contributed by atoms with Gasteiger partial charge >= 0.3 is 6.09 Å². The van der Waals surface area contributed by atoms with Crippen molar-refractivity contribution in [3.05, 3.63) is 35.4 Å². The summed E-state index contributed by atoms with van der Waals surface area (Å²) in [6, 6.07) is 8.53. The molecule has 6 nitrogen and oxygen atoms in total. The summed E-state index contributed by atoms with van der Waals surface area (Å²) in [5.41, 5.74) is 1.31. The van der Waals surface area contributed by atoms with Crippen molar-refractivity contribution < 1.29 is 24.7 Å². The minimum Gasteiger partial charge on any atom is -0.548 e. The summed E-state index contributed by atoms with van der Waals surface area (Å²) in [5.74, 6) is -1.34. The third-order valence-corrected chi connectivity index (χ3v) is 7.08. The standard InChI is InChI=1S/C18H27NO4.C12H23N/c1-17(2,3)13-9-7-12(8-10-13)11-14(15(20)21)19-16(22)23-18(4,5)6;1-3-7-11(8-4-1)13-12-9-5-2-6-10-12/h7-10,14H,11H2,1-6H3,(H,19,22)(H,20,21);11-13H,1-10H2. The predicted octanol–water partition coefficient (Wildman–Crippen LogP) is 4.39. The molecule has 36 heavy (non-hydrogen) atoms. The fourth-order valence-electron chi connectivity index (χ4n) is 5.06. The van der Waals surface area contributed by atoms with Crippen LogP contribution in [0.5, 0.6) is 0 Å². The van der Waals surface area contributed by atoms with Crippen LogP contribution in [0.15, 0.2) is 24.3 Å². The molecule has 0 aromatic heterocycles. The zero-order valence-corrected chi connectivity index (χ0v) is 23.5. The molecule has 1 atom stereocenters. The fourth-order valence-corrected chi connectivity index (χ4v) is 5.06. The lowest BCUT2D eigenvalue weighted by atomic mass is 9.86. The molecule has 1 amide bonds. The molecule has 0 heterocycles. The van der Waals surface area contributed by atoms with E-state index in [0.29, 0.717) is 0 Å². The van der Waals surface area contributed by atoms with E-state index < -0.39 is 23.7 Å². The van der Waals surface area contributed by atoms with E-state index in [2.05, 4.69) is 31.4 Å². The lowest BCUT2D eigenvalue weighted by molar-refractivity contribution is -0.725. The molecule has 3 rings (SSSR count). The summed E-state index contributed by atoms with van der Waals surface area (Å²) < 4.78 is 5.08. The molecule has 1 aromatic carbocycles. The molecule has 2 saturated carbocycles. The quantitative estimate of drug-likeness (QED) is 0.603. The number of carboxylic acids is 1. The topological polar surface area (TPSA) is 95.1 Å². The van der Waals surface area contributed by atoms with Gasteiger partial charge in [0.1, 0.15) is 5.60 Å². The number of rotatable bonds is 6. The van der Waals surface area contributed by atoms with Gasteiger partial charge in [-0.2, -0.15) is 0 Å². The predicted molar refractivity (Wildman–Crippen MR) is 143 cm³/mol. The van der Waals surface area contributed by atoms with E-state index >= 15 is 0 Å². The van der Waals surface area contributed by atoms with E-state index in [1.54, 1.807) is 20.8 Å². The third kappa shape index (κ3) is 11.8. The first-order chi connectivity index (χ1) is 16.8. The molecular formula is C30H50N2O4. The Bertz CT molecular complexity index is 780. The van der Waals surface area contributed by atoms with Gasteiger partial charge in [0.25, 0.3) is 0 Å². The Hall–Kier alpha value is -2.08. The summed E-state index contributed by atoms with van der Waals surface area (Å²) in [6.45, 7) is 11.5. The van der Waals surface area contributed by atoms with Crippen LogP contribution in [0.4, 0.5) is 4.79 Å².